The fourth-order valence-corrected chi connectivity index (χ4v) is 7.40. The van der Waals surface area contributed by atoms with Crippen LogP contribution in [0.2, 0.25) is 0 Å². The van der Waals surface area contributed by atoms with Gasteiger partial charge in [0.1, 0.15) is 5.78 Å². The lowest BCUT2D eigenvalue weighted by atomic mass is 9.51. The van der Waals surface area contributed by atoms with Crippen molar-refractivity contribution in [2.75, 3.05) is 27.4 Å². The Bertz CT molecular complexity index is 701. The normalized spacial score (nSPS) is 50.8. The average Bonchev–Trinajstić information content (AvgIpc) is 2.89. The summed E-state index contributed by atoms with van der Waals surface area (Å²) in [6.07, 6.45) is 2.79. The molecule has 6 heteroatoms. The molecule has 4 rings (SSSR count). The maximum absolute atomic E-state index is 13.7. The van der Waals surface area contributed by atoms with E-state index < -0.39 is 34.9 Å². The monoisotopic (exact) mass is 378 g/mol. The Morgan fingerprint density at radius 3 is 2.63 bits per heavy atom. The summed E-state index contributed by atoms with van der Waals surface area (Å²) in [6, 6.07) is 0. The van der Waals surface area contributed by atoms with Crippen LogP contribution in [0, 0.1) is 46.8 Å². The van der Waals surface area contributed by atoms with Crippen molar-refractivity contribution in [1.82, 2.24) is 0 Å². The van der Waals surface area contributed by atoms with Gasteiger partial charge in [-0.2, -0.15) is 0 Å². The van der Waals surface area contributed by atoms with E-state index in [0.29, 0.717) is 6.61 Å². The number of aliphatic hydroxyl groups excluding tert-OH is 1. The fraction of sp³-hybridized carbons (Fsp3) is 0.810. The molecule has 0 unspecified atom stereocenters. The lowest BCUT2D eigenvalue weighted by molar-refractivity contribution is -0.356. The minimum absolute atomic E-state index is 0.105. The first-order chi connectivity index (χ1) is 12.8. The Morgan fingerprint density at radius 2 is 2.04 bits per heavy atom. The highest BCUT2D eigenvalue weighted by atomic mass is 16.7. The molecule has 2 saturated carbocycles. The van der Waals surface area contributed by atoms with Gasteiger partial charge in [-0.05, 0) is 17.9 Å². The Hall–Kier alpha value is -1.24. The molecule has 9 atom stereocenters. The van der Waals surface area contributed by atoms with Gasteiger partial charge >= 0.3 is 5.97 Å². The zero-order valence-corrected chi connectivity index (χ0v) is 16.7. The van der Waals surface area contributed by atoms with Crippen molar-refractivity contribution in [3.8, 4) is 0 Å². The standard InChI is InChI=1S/C21H30O6/c1-10-6-11(2)21(26-5)20(3)16(10)18(23)15-14(19(24)25-4)12(8-22)7-13(9-27-21)17(15)20/h7,10-12,14-17,22H,6,8-9H2,1-5H3/t10-,11+,12-,14-,15+,16-,17-,20+,21+/m0/s1. The molecule has 0 radical (unpaired) electrons. The molecule has 1 N–H and O–H groups in total. The van der Waals surface area contributed by atoms with Crippen LogP contribution in [-0.4, -0.2) is 50.1 Å². The summed E-state index contributed by atoms with van der Waals surface area (Å²) in [5.41, 5.74) is 0.476. The van der Waals surface area contributed by atoms with E-state index in [1.807, 2.05) is 6.08 Å². The van der Waals surface area contributed by atoms with E-state index in [0.717, 1.165) is 12.0 Å². The van der Waals surface area contributed by atoms with Crippen LogP contribution in [0.4, 0.5) is 0 Å². The van der Waals surface area contributed by atoms with Crippen LogP contribution in [0.25, 0.3) is 0 Å². The summed E-state index contributed by atoms with van der Waals surface area (Å²) in [6.45, 7) is 6.54. The minimum atomic E-state index is -0.844. The van der Waals surface area contributed by atoms with Crippen molar-refractivity contribution < 1.29 is 28.9 Å². The highest BCUT2D eigenvalue weighted by Gasteiger charge is 2.76. The smallest absolute Gasteiger partial charge is 0.310 e. The SMILES string of the molecule is COC(=O)[C@@H]1[C@H]2C(=O)[C@@H]3[C@@H](C)C[C@@H](C)[C@@]4(OC)OCC(=C[C@H]1CO)[C@@H]2[C@@]34C. The van der Waals surface area contributed by atoms with E-state index in [1.54, 1.807) is 7.11 Å². The quantitative estimate of drug-likeness (QED) is 0.596. The van der Waals surface area contributed by atoms with Crippen LogP contribution in [0.3, 0.4) is 0 Å². The van der Waals surface area contributed by atoms with Crippen LogP contribution >= 0.6 is 0 Å². The molecule has 0 spiro atoms. The lowest BCUT2D eigenvalue weighted by Gasteiger charge is -2.62. The number of hydrogen-bond donors (Lipinski definition) is 1. The highest BCUT2D eigenvalue weighted by Crippen LogP contribution is 2.70. The zero-order valence-electron chi connectivity index (χ0n) is 16.7. The van der Waals surface area contributed by atoms with E-state index in [9.17, 15) is 14.7 Å². The molecule has 0 bridgehead atoms. The van der Waals surface area contributed by atoms with Crippen molar-refractivity contribution >= 4 is 11.8 Å². The Kier molecular flexibility index (Phi) is 4.33. The first kappa shape index (κ1) is 19.1. The van der Waals surface area contributed by atoms with Gasteiger partial charge in [-0.1, -0.05) is 26.8 Å². The number of carbonyl (C=O) groups excluding carboxylic acids is 2. The van der Waals surface area contributed by atoms with E-state index in [4.69, 9.17) is 14.2 Å². The molecule has 3 aliphatic carbocycles. The van der Waals surface area contributed by atoms with Gasteiger partial charge in [-0.3, -0.25) is 9.59 Å². The molecule has 1 heterocycles. The number of esters is 1. The number of rotatable bonds is 3. The van der Waals surface area contributed by atoms with Crippen molar-refractivity contribution in [1.29, 1.82) is 0 Å². The van der Waals surface area contributed by atoms with Gasteiger partial charge in [0.25, 0.3) is 0 Å². The molecule has 0 aromatic carbocycles. The van der Waals surface area contributed by atoms with E-state index in [2.05, 4.69) is 20.8 Å². The summed E-state index contributed by atoms with van der Waals surface area (Å²) < 4.78 is 17.5. The first-order valence-corrected chi connectivity index (χ1v) is 9.90. The number of hydrogen-bond acceptors (Lipinski definition) is 6. The van der Waals surface area contributed by atoms with Crippen LogP contribution in [0.15, 0.2) is 11.6 Å². The van der Waals surface area contributed by atoms with Crippen LogP contribution < -0.4 is 0 Å². The number of aliphatic hydroxyl groups is 1. The third kappa shape index (κ3) is 2.07. The summed E-state index contributed by atoms with van der Waals surface area (Å²) >= 11 is 0. The van der Waals surface area contributed by atoms with E-state index in [1.165, 1.54) is 7.11 Å². The predicted molar refractivity (Wildman–Crippen MR) is 96.4 cm³/mol. The first-order valence-electron chi connectivity index (χ1n) is 9.90. The molecule has 4 aliphatic rings. The van der Waals surface area contributed by atoms with Gasteiger partial charge in [0.05, 0.1) is 26.2 Å². The number of Topliss-reactive ketones (excluding diaryl/α,β-unsaturated/α-hetero) is 1. The van der Waals surface area contributed by atoms with Crippen molar-refractivity contribution in [3.63, 3.8) is 0 Å². The molecule has 27 heavy (non-hydrogen) atoms. The number of carbonyl (C=O) groups is 2. The molecule has 0 amide bonds. The Balaban J connectivity index is 1.94. The van der Waals surface area contributed by atoms with Gasteiger partial charge < -0.3 is 19.3 Å². The van der Waals surface area contributed by atoms with Crippen LogP contribution in [0.5, 0.6) is 0 Å². The van der Waals surface area contributed by atoms with Gasteiger partial charge in [0.2, 0.25) is 0 Å². The third-order valence-corrected chi connectivity index (χ3v) is 8.10. The van der Waals surface area contributed by atoms with Gasteiger partial charge in [-0.15, -0.1) is 0 Å². The highest BCUT2D eigenvalue weighted by molar-refractivity contribution is 5.93. The maximum atomic E-state index is 13.7. The second kappa shape index (κ2) is 6.13. The molecule has 0 aromatic rings. The summed E-state index contributed by atoms with van der Waals surface area (Å²) in [5.74, 6) is -2.77. The van der Waals surface area contributed by atoms with Crippen molar-refractivity contribution in [2.24, 2.45) is 46.8 Å². The number of methoxy groups -OCH3 is 2. The molecule has 6 nitrogen and oxygen atoms in total. The zero-order chi connectivity index (χ0) is 19.7. The fourth-order valence-electron chi connectivity index (χ4n) is 7.40. The minimum Gasteiger partial charge on any atom is -0.469 e. The summed E-state index contributed by atoms with van der Waals surface area (Å²) in [7, 11) is 3.01. The molecule has 0 aromatic heterocycles. The van der Waals surface area contributed by atoms with E-state index >= 15 is 0 Å². The topological polar surface area (TPSA) is 82.1 Å². The molecule has 150 valence electrons. The second-order valence-electron chi connectivity index (χ2n) is 9.08. The van der Waals surface area contributed by atoms with Crippen molar-refractivity contribution in [3.05, 3.63) is 11.6 Å². The van der Waals surface area contributed by atoms with Gasteiger partial charge in [0, 0.05) is 42.1 Å². The molecule has 3 fully saturated rings. The number of ketones is 1. The Labute approximate surface area is 160 Å². The second-order valence-corrected chi connectivity index (χ2v) is 9.08. The van der Waals surface area contributed by atoms with Gasteiger partial charge in [-0.25, -0.2) is 0 Å². The van der Waals surface area contributed by atoms with Crippen molar-refractivity contribution in [2.45, 2.75) is 33.0 Å². The number of ether oxygens (including phenoxy) is 3. The van der Waals surface area contributed by atoms with Crippen LogP contribution in [0.1, 0.15) is 27.2 Å². The summed E-state index contributed by atoms with van der Waals surface area (Å²) in [4.78, 5) is 26.4. The van der Waals surface area contributed by atoms with Crippen LogP contribution in [-0.2, 0) is 23.8 Å². The molecular weight excluding hydrogens is 348 g/mol. The summed E-state index contributed by atoms with van der Waals surface area (Å²) in [5, 5.41) is 9.92. The molecule has 1 saturated heterocycles. The molecular formula is C21H30O6. The van der Waals surface area contributed by atoms with E-state index in [-0.39, 0.29) is 36.1 Å². The Morgan fingerprint density at radius 1 is 1.33 bits per heavy atom. The maximum Gasteiger partial charge on any atom is 0.310 e. The predicted octanol–water partition coefficient (Wildman–Crippen LogP) is 1.81. The third-order valence-electron chi connectivity index (χ3n) is 8.10. The largest absolute Gasteiger partial charge is 0.469 e. The van der Waals surface area contributed by atoms with Gasteiger partial charge in [0.15, 0.2) is 5.79 Å². The average molecular weight is 378 g/mol. The molecule has 1 aliphatic heterocycles. The lowest BCUT2D eigenvalue weighted by Crippen LogP contribution is -2.67.